The summed E-state index contributed by atoms with van der Waals surface area (Å²) in [6.45, 7) is 0. The van der Waals surface area contributed by atoms with E-state index in [1.165, 1.54) is 6.08 Å². The zero-order valence-corrected chi connectivity index (χ0v) is 17.0. The van der Waals surface area contributed by atoms with E-state index in [0.29, 0.717) is 19.8 Å². The highest BCUT2D eigenvalue weighted by Gasteiger charge is 2.34. The standard InChI is InChI=1S/C16H9ClI2N2O3/c17-9-1-3-11(4-2-9)21-16(24)12(15(23)20-21)6-8-5-10(18)7-13(19)14(8)22/h1-7,22H,(H,20,23)/b12-6+. The summed E-state index contributed by atoms with van der Waals surface area (Å²) in [5, 5.41) is 11.8. The number of phenols is 1. The summed E-state index contributed by atoms with van der Waals surface area (Å²) in [5.41, 5.74) is 3.38. The van der Waals surface area contributed by atoms with Gasteiger partial charge in [0.05, 0.1) is 9.26 Å². The monoisotopic (exact) mass is 566 g/mol. The molecule has 1 saturated heterocycles. The van der Waals surface area contributed by atoms with Gasteiger partial charge in [0.2, 0.25) is 0 Å². The highest BCUT2D eigenvalue weighted by molar-refractivity contribution is 14.1. The number of carbonyl (C=O) groups is 2. The fourth-order valence-electron chi connectivity index (χ4n) is 2.18. The molecule has 5 nitrogen and oxygen atoms in total. The van der Waals surface area contributed by atoms with Crippen molar-refractivity contribution in [3.8, 4) is 5.75 Å². The Morgan fingerprint density at radius 3 is 2.46 bits per heavy atom. The number of nitrogens with zero attached hydrogens (tertiary/aromatic N) is 1. The molecule has 1 heterocycles. The van der Waals surface area contributed by atoms with Gasteiger partial charge in [0.1, 0.15) is 11.3 Å². The van der Waals surface area contributed by atoms with Gasteiger partial charge in [-0.15, -0.1) is 0 Å². The average molecular weight is 567 g/mol. The highest BCUT2D eigenvalue weighted by atomic mass is 127. The molecule has 0 aliphatic carbocycles. The number of carbonyl (C=O) groups excluding carboxylic acids is 2. The number of nitrogens with one attached hydrogen (secondary N) is 1. The van der Waals surface area contributed by atoms with Crippen molar-refractivity contribution >= 4 is 80.4 Å². The highest BCUT2D eigenvalue weighted by Crippen LogP contribution is 2.30. The Balaban J connectivity index is 1.99. The number of halogens is 3. The maximum absolute atomic E-state index is 12.5. The van der Waals surface area contributed by atoms with Crippen LogP contribution in [0.3, 0.4) is 0 Å². The number of hydrogen-bond acceptors (Lipinski definition) is 3. The predicted octanol–water partition coefficient (Wildman–Crippen LogP) is 3.72. The molecule has 2 aromatic rings. The van der Waals surface area contributed by atoms with Crippen molar-refractivity contribution in [3.63, 3.8) is 0 Å². The molecular formula is C16H9ClI2N2O3. The Morgan fingerprint density at radius 2 is 1.79 bits per heavy atom. The molecule has 24 heavy (non-hydrogen) atoms. The van der Waals surface area contributed by atoms with Gasteiger partial charge in [0.15, 0.2) is 0 Å². The van der Waals surface area contributed by atoms with Crippen LogP contribution in [0.1, 0.15) is 5.56 Å². The first kappa shape index (κ1) is 17.5. The van der Waals surface area contributed by atoms with Crippen LogP contribution in [0.15, 0.2) is 42.0 Å². The Bertz CT molecular complexity index is 882. The summed E-state index contributed by atoms with van der Waals surface area (Å²) in [4.78, 5) is 24.7. The molecule has 1 fully saturated rings. The fraction of sp³-hybridized carbons (Fsp3) is 0. The molecule has 0 spiro atoms. The first-order chi connectivity index (χ1) is 11.4. The Morgan fingerprint density at radius 1 is 1.12 bits per heavy atom. The zero-order chi connectivity index (χ0) is 17.4. The Kier molecular flexibility index (Phi) is 5.02. The normalized spacial score (nSPS) is 16.0. The molecule has 1 aliphatic rings. The van der Waals surface area contributed by atoms with Crippen LogP contribution < -0.4 is 10.4 Å². The van der Waals surface area contributed by atoms with Gasteiger partial charge < -0.3 is 5.11 Å². The molecule has 2 aromatic carbocycles. The summed E-state index contributed by atoms with van der Waals surface area (Å²) >= 11 is 9.94. The van der Waals surface area contributed by atoms with Gasteiger partial charge in [-0.25, -0.2) is 5.01 Å². The maximum Gasteiger partial charge on any atom is 0.282 e. The lowest BCUT2D eigenvalue weighted by molar-refractivity contribution is -0.117. The SMILES string of the molecule is O=C1NN(c2ccc(Cl)cc2)C(=O)/C1=C/c1cc(I)cc(I)c1O. The van der Waals surface area contributed by atoms with E-state index < -0.39 is 11.8 Å². The van der Waals surface area contributed by atoms with E-state index in [-0.39, 0.29) is 11.3 Å². The van der Waals surface area contributed by atoms with E-state index in [1.807, 2.05) is 22.6 Å². The predicted molar refractivity (Wildman–Crippen MR) is 109 cm³/mol. The topological polar surface area (TPSA) is 69.6 Å². The van der Waals surface area contributed by atoms with Crippen LogP contribution >= 0.6 is 56.8 Å². The van der Waals surface area contributed by atoms with Gasteiger partial charge in [-0.05, 0) is 87.7 Å². The Labute approximate surface area is 169 Å². The number of rotatable bonds is 2. The summed E-state index contributed by atoms with van der Waals surface area (Å²) in [7, 11) is 0. The molecule has 122 valence electrons. The maximum atomic E-state index is 12.5. The van der Waals surface area contributed by atoms with Gasteiger partial charge in [0.25, 0.3) is 11.8 Å². The molecular weight excluding hydrogens is 557 g/mol. The number of hydrazine groups is 1. The molecule has 3 rings (SSSR count). The van der Waals surface area contributed by atoms with E-state index in [0.717, 1.165) is 8.58 Å². The number of hydrogen-bond donors (Lipinski definition) is 2. The number of benzene rings is 2. The summed E-state index contributed by atoms with van der Waals surface area (Å²) in [6, 6.07) is 10.0. The van der Waals surface area contributed by atoms with Crippen LogP contribution in [-0.4, -0.2) is 16.9 Å². The molecule has 2 amide bonds. The molecule has 0 bridgehead atoms. The van der Waals surface area contributed by atoms with Crippen molar-refractivity contribution in [3.05, 3.63) is 59.7 Å². The summed E-state index contributed by atoms with van der Waals surface area (Å²) in [5.74, 6) is -0.979. The van der Waals surface area contributed by atoms with Crippen molar-refractivity contribution in [2.24, 2.45) is 0 Å². The molecule has 0 atom stereocenters. The van der Waals surface area contributed by atoms with Crippen LogP contribution in [0.5, 0.6) is 5.75 Å². The van der Waals surface area contributed by atoms with E-state index in [2.05, 4.69) is 28.0 Å². The van der Waals surface area contributed by atoms with Gasteiger partial charge in [0, 0.05) is 14.2 Å². The molecule has 0 aromatic heterocycles. The molecule has 2 N–H and O–H groups in total. The van der Waals surface area contributed by atoms with Crippen LogP contribution in [-0.2, 0) is 9.59 Å². The zero-order valence-electron chi connectivity index (χ0n) is 11.9. The van der Waals surface area contributed by atoms with E-state index in [9.17, 15) is 14.7 Å². The Hall–Kier alpha value is -1.33. The number of aromatic hydroxyl groups is 1. The summed E-state index contributed by atoms with van der Waals surface area (Å²) < 4.78 is 1.54. The van der Waals surface area contributed by atoms with Gasteiger partial charge in [-0.1, -0.05) is 11.6 Å². The first-order valence-corrected chi connectivity index (χ1v) is 9.21. The largest absolute Gasteiger partial charge is 0.506 e. The quantitative estimate of drug-likeness (QED) is 0.331. The number of amides is 2. The van der Waals surface area contributed by atoms with E-state index >= 15 is 0 Å². The van der Waals surface area contributed by atoms with Crippen LogP contribution in [0.4, 0.5) is 5.69 Å². The van der Waals surface area contributed by atoms with Gasteiger partial charge in [-0.2, -0.15) is 0 Å². The van der Waals surface area contributed by atoms with Crippen molar-refractivity contribution in [1.82, 2.24) is 5.43 Å². The van der Waals surface area contributed by atoms with Crippen LogP contribution in [0, 0.1) is 7.14 Å². The second-order valence-electron chi connectivity index (χ2n) is 4.94. The van der Waals surface area contributed by atoms with Crippen LogP contribution in [0.25, 0.3) is 6.08 Å². The smallest absolute Gasteiger partial charge is 0.282 e. The van der Waals surface area contributed by atoms with E-state index in [1.54, 1.807) is 36.4 Å². The second-order valence-corrected chi connectivity index (χ2v) is 7.79. The molecule has 1 aliphatic heterocycles. The minimum absolute atomic E-state index is 0.0362. The number of phenolic OH excluding ortho intramolecular Hbond substituents is 1. The molecule has 0 unspecified atom stereocenters. The third kappa shape index (κ3) is 3.38. The van der Waals surface area contributed by atoms with Gasteiger partial charge in [-0.3, -0.25) is 15.0 Å². The third-order valence-electron chi connectivity index (χ3n) is 3.33. The van der Waals surface area contributed by atoms with Crippen molar-refractivity contribution in [2.75, 3.05) is 5.01 Å². The minimum atomic E-state index is -0.525. The van der Waals surface area contributed by atoms with Crippen molar-refractivity contribution < 1.29 is 14.7 Å². The number of anilines is 1. The first-order valence-electron chi connectivity index (χ1n) is 6.67. The van der Waals surface area contributed by atoms with Crippen molar-refractivity contribution in [1.29, 1.82) is 0 Å². The molecule has 8 heteroatoms. The summed E-state index contributed by atoms with van der Waals surface area (Å²) in [6.07, 6.45) is 1.40. The minimum Gasteiger partial charge on any atom is -0.506 e. The molecule has 0 radical (unpaired) electrons. The van der Waals surface area contributed by atoms with Crippen LogP contribution in [0.2, 0.25) is 5.02 Å². The lowest BCUT2D eigenvalue weighted by atomic mass is 10.1. The second kappa shape index (κ2) is 6.89. The lowest BCUT2D eigenvalue weighted by Crippen LogP contribution is -2.35. The van der Waals surface area contributed by atoms with Gasteiger partial charge >= 0.3 is 0 Å². The average Bonchev–Trinajstić information content (AvgIpc) is 2.81. The van der Waals surface area contributed by atoms with Crippen molar-refractivity contribution in [2.45, 2.75) is 0 Å². The molecule has 0 saturated carbocycles. The lowest BCUT2D eigenvalue weighted by Gasteiger charge is -2.14. The fourth-order valence-corrected chi connectivity index (χ4v) is 4.20. The van der Waals surface area contributed by atoms with E-state index in [4.69, 9.17) is 11.6 Å². The third-order valence-corrected chi connectivity index (χ3v) is 5.03.